The van der Waals surface area contributed by atoms with Crippen molar-refractivity contribution in [3.8, 4) is 5.75 Å². The molecule has 5 nitrogen and oxygen atoms in total. The summed E-state index contributed by atoms with van der Waals surface area (Å²) in [7, 11) is 1.65. The lowest BCUT2D eigenvalue weighted by atomic mass is 10.1. The third-order valence-electron chi connectivity index (χ3n) is 3.82. The number of benzene rings is 1. The fourth-order valence-electron chi connectivity index (χ4n) is 2.56. The Kier molecular flexibility index (Phi) is 3.95. The summed E-state index contributed by atoms with van der Waals surface area (Å²) < 4.78 is 7.16. The van der Waals surface area contributed by atoms with E-state index < -0.39 is 0 Å². The first-order chi connectivity index (χ1) is 11.7. The van der Waals surface area contributed by atoms with Gasteiger partial charge in [0, 0.05) is 18.1 Å². The standard InChI is InChI=1S/C17H15N3O2S2/c1-22-12-4-2-11(3-5-12)6-7-18-15(21)14-10-13-16(24-14)19-17-20(13)8-9-23-17/h2-5,8-10H,6-7H2,1H3,(H,18,21). The molecule has 0 aliphatic heterocycles. The van der Waals surface area contributed by atoms with Crippen LogP contribution >= 0.6 is 22.7 Å². The van der Waals surface area contributed by atoms with Gasteiger partial charge in [0.1, 0.15) is 10.6 Å². The number of methoxy groups -OCH3 is 1. The first-order valence-corrected chi connectivity index (χ1v) is 9.20. The molecule has 3 heterocycles. The molecular formula is C17H15N3O2S2. The largest absolute Gasteiger partial charge is 0.497 e. The number of imidazole rings is 1. The van der Waals surface area contributed by atoms with E-state index in [1.54, 1.807) is 18.4 Å². The van der Waals surface area contributed by atoms with E-state index in [0.29, 0.717) is 11.4 Å². The molecule has 4 aromatic rings. The number of thiazole rings is 1. The van der Waals surface area contributed by atoms with Crippen molar-refractivity contribution >= 4 is 43.9 Å². The van der Waals surface area contributed by atoms with E-state index in [0.717, 1.165) is 27.5 Å². The number of ether oxygens (including phenoxy) is 1. The molecule has 122 valence electrons. The molecule has 0 bridgehead atoms. The Bertz CT molecular complexity index is 998. The zero-order valence-corrected chi connectivity index (χ0v) is 14.6. The van der Waals surface area contributed by atoms with Gasteiger partial charge in [-0.1, -0.05) is 12.1 Å². The highest BCUT2D eigenvalue weighted by molar-refractivity contribution is 7.21. The van der Waals surface area contributed by atoms with Crippen LogP contribution in [0.15, 0.2) is 41.9 Å². The number of hydrogen-bond acceptors (Lipinski definition) is 5. The van der Waals surface area contributed by atoms with Gasteiger partial charge in [-0.15, -0.1) is 22.7 Å². The normalized spacial score (nSPS) is 11.2. The lowest BCUT2D eigenvalue weighted by molar-refractivity contribution is 0.0958. The molecule has 7 heteroatoms. The summed E-state index contributed by atoms with van der Waals surface area (Å²) in [5.74, 6) is 0.792. The van der Waals surface area contributed by atoms with E-state index in [1.165, 1.54) is 16.9 Å². The van der Waals surface area contributed by atoms with Crippen molar-refractivity contribution in [2.75, 3.05) is 13.7 Å². The Morgan fingerprint density at radius 1 is 1.33 bits per heavy atom. The number of carbonyl (C=O) groups is 1. The summed E-state index contributed by atoms with van der Waals surface area (Å²) in [5, 5.41) is 4.97. The molecular weight excluding hydrogens is 342 g/mol. The van der Waals surface area contributed by atoms with Crippen LogP contribution in [0.2, 0.25) is 0 Å². The van der Waals surface area contributed by atoms with Crippen LogP contribution in [0.1, 0.15) is 15.2 Å². The van der Waals surface area contributed by atoms with Gasteiger partial charge in [-0.3, -0.25) is 9.20 Å². The maximum Gasteiger partial charge on any atom is 0.261 e. The highest BCUT2D eigenvalue weighted by Crippen LogP contribution is 2.28. The molecule has 0 radical (unpaired) electrons. The Morgan fingerprint density at radius 3 is 2.96 bits per heavy atom. The molecule has 1 amide bonds. The second kappa shape index (κ2) is 6.26. The van der Waals surface area contributed by atoms with Gasteiger partial charge < -0.3 is 10.1 Å². The number of aromatic nitrogens is 2. The molecule has 0 saturated carbocycles. The van der Waals surface area contributed by atoms with Crippen molar-refractivity contribution in [3.63, 3.8) is 0 Å². The molecule has 0 unspecified atom stereocenters. The molecule has 0 atom stereocenters. The summed E-state index contributed by atoms with van der Waals surface area (Å²) in [6.45, 7) is 0.599. The van der Waals surface area contributed by atoms with Gasteiger partial charge in [-0.25, -0.2) is 4.98 Å². The molecule has 3 aromatic heterocycles. The van der Waals surface area contributed by atoms with E-state index in [-0.39, 0.29) is 5.91 Å². The van der Waals surface area contributed by atoms with Crippen molar-refractivity contribution in [1.29, 1.82) is 0 Å². The highest BCUT2D eigenvalue weighted by Gasteiger charge is 2.14. The first-order valence-electron chi connectivity index (χ1n) is 7.51. The molecule has 0 spiro atoms. The zero-order chi connectivity index (χ0) is 16.5. The van der Waals surface area contributed by atoms with Gasteiger partial charge in [-0.05, 0) is 30.2 Å². The predicted molar refractivity (Wildman–Crippen MR) is 97.5 cm³/mol. The van der Waals surface area contributed by atoms with E-state index in [1.807, 2.05) is 46.3 Å². The molecule has 0 fully saturated rings. The Labute approximate surface area is 146 Å². The van der Waals surface area contributed by atoms with Gasteiger partial charge in [0.05, 0.1) is 17.5 Å². The Balaban J connectivity index is 1.40. The third kappa shape index (κ3) is 2.76. The third-order valence-corrected chi connectivity index (χ3v) is 5.60. The van der Waals surface area contributed by atoms with E-state index in [2.05, 4.69) is 10.3 Å². The number of hydrogen-bond donors (Lipinski definition) is 1. The average Bonchev–Trinajstić information content (AvgIpc) is 3.27. The summed E-state index contributed by atoms with van der Waals surface area (Å²) in [5.41, 5.74) is 2.16. The average molecular weight is 357 g/mol. The number of rotatable bonds is 5. The summed E-state index contributed by atoms with van der Waals surface area (Å²) >= 11 is 3.03. The zero-order valence-electron chi connectivity index (χ0n) is 13.0. The fraction of sp³-hybridized carbons (Fsp3) is 0.176. The lowest BCUT2D eigenvalue weighted by Gasteiger charge is -2.05. The Hall–Kier alpha value is -2.38. The summed E-state index contributed by atoms with van der Waals surface area (Å²) in [4.78, 5) is 19.4. The van der Waals surface area contributed by atoms with Gasteiger partial charge >= 0.3 is 0 Å². The molecule has 1 aromatic carbocycles. The van der Waals surface area contributed by atoms with E-state index >= 15 is 0 Å². The molecule has 24 heavy (non-hydrogen) atoms. The van der Waals surface area contributed by atoms with Crippen molar-refractivity contribution < 1.29 is 9.53 Å². The minimum absolute atomic E-state index is 0.0458. The smallest absolute Gasteiger partial charge is 0.261 e. The van der Waals surface area contributed by atoms with E-state index in [4.69, 9.17) is 4.74 Å². The van der Waals surface area contributed by atoms with Crippen molar-refractivity contribution in [3.05, 3.63) is 52.3 Å². The molecule has 0 aliphatic rings. The Morgan fingerprint density at radius 2 is 2.17 bits per heavy atom. The SMILES string of the molecule is COc1ccc(CCNC(=O)c2cc3c(nc4sccn43)s2)cc1. The van der Waals surface area contributed by atoms with Crippen LogP contribution in [0.5, 0.6) is 5.75 Å². The molecule has 0 saturated heterocycles. The number of fused-ring (bicyclic) bond motifs is 3. The molecule has 1 N–H and O–H groups in total. The van der Waals surface area contributed by atoms with Crippen molar-refractivity contribution in [1.82, 2.24) is 14.7 Å². The highest BCUT2D eigenvalue weighted by atomic mass is 32.1. The molecule has 4 rings (SSSR count). The second-order valence-corrected chi connectivity index (χ2v) is 7.23. The number of nitrogens with zero attached hydrogens (tertiary/aromatic N) is 2. The van der Waals surface area contributed by atoms with Crippen molar-refractivity contribution in [2.24, 2.45) is 0 Å². The quantitative estimate of drug-likeness (QED) is 0.594. The first kappa shape index (κ1) is 15.2. The van der Waals surface area contributed by atoms with Crippen LogP contribution in [0.4, 0.5) is 0 Å². The van der Waals surface area contributed by atoms with Crippen LogP contribution in [0.3, 0.4) is 0 Å². The van der Waals surface area contributed by atoms with E-state index in [9.17, 15) is 4.79 Å². The second-order valence-electron chi connectivity index (χ2n) is 5.32. The number of carbonyl (C=O) groups excluding carboxylic acids is 1. The van der Waals surface area contributed by atoms with Crippen LogP contribution < -0.4 is 10.1 Å². The van der Waals surface area contributed by atoms with Crippen molar-refractivity contribution in [2.45, 2.75) is 6.42 Å². The number of thiophene rings is 1. The van der Waals surface area contributed by atoms with Crippen LogP contribution in [0, 0.1) is 0 Å². The van der Waals surface area contributed by atoms with Crippen LogP contribution in [0.25, 0.3) is 15.3 Å². The predicted octanol–water partition coefficient (Wildman–Crippen LogP) is 3.59. The minimum Gasteiger partial charge on any atom is -0.497 e. The van der Waals surface area contributed by atoms with Gasteiger partial charge in [0.2, 0.25) is 0 Å². The van der Waals surface area contributed by atoms with Crippen LogP contribution in [-0.4, -0.2) is 28.9 Å². The van der Waals surface area contributed by atoms with Crippen LogP contribution in [-0.2, 0) is 6.42 Å². The summed E-state index contributed by atoms with van der Waals surface area (Å²) in [6.07, 6.45) is 2.77. The summed E-state index contributed by atoms with van der Waals surface area (Å²) in [6, 6.07) is 9.79. The van der Waals surface area contributed by atoms with Gasteiger partial charge in [-0.2, -0.15) is 0 Å². The van der Waals surface area contributed by atoms with Gasteiger partial charge in [0.25, 0.3) is 5.91 Å². The minimum atomic E-state index is -0.0458. The maximum absolute atomic E-state index is 12.3. The number of nitrogens with one attached hydrogen (secondary N) is 1. The number of amides is 1. The lowest BCUT2D eigenvalue weighted by Crippen LogP contribution is -2.24. The monoisotopic (exact) mass is 357 g/mol. The molecule has 0 aliphatic carbocycles. The maximum atomic E-state index is 12.3. The topological polar surface area (TPSA) is 55.6 Å². The van der Waals surface area contributed by atoms with Gasteiger partial charge in [0.15, 0.2) is 4.96 Å². The fourth-order valence-corrected chi connectivity index (χ4v) is 4.28.